The third-order valence-electron chi connectivity index (χ3n) is 4.34. The Morgan fingerprint density at radius 2 is 1.96 bits per heavy atom. The molecule has 0 aliphatic heterocycles. The van der Waals surface area contributed by atoms with Gasteiger partial charge in [-0.2, -0.15) is 4.98 Å². The number of hydrogen-bond acceptors (Lipinski definition) is 6. The van der Waals surface area contributed by atoms with Gasteiger partial charge in [0.2, 0.25) is 5.95 Å². The molecule has 27 heavy (non-hydrogen) atoms. The van der Waals surface area contributed by atoms with E-state index in [-0.39, 0.29) is 30.0 Å². The molecule has 2 heterocycles. The van der Waals surface area contributed by atoms with Crippen LogP contribution in [0, 0.1) is 0 Å². The van der Waals surface area contributed by atoms with Crippen molar-refractivity contribution in [3.63, 3.8) is 0 Å². The third-order valence-corrected chi connectivity index (χ3v) is 4.67. The number of aromatic nitrogens is 3. The maximum Gasteiger partial charge on any atom is 0.278 e. The van der Waals surface area contributed by atoms with Gasteiger partial charge < -0.3 is 16.3 Å². The Morgan fingerprint density at radius 1 is 1.30 bits per heavy atom. The molecule has 1 atom stereocenters. The minimum Gasteiger partial charge on any atom is -0.388 e. The van der Waals surface area contributed by atoms with Crippen molar-refractivity contribution in [3.05, 3.63) is 51.9 Å². The van der Waals surface area contributed by atoms with Crippen LogP contribution in [0.3, 0.4) is 0 Å². The number of anilines is 1. The normalized spacial score (nSPS) is 12.5. The van der Waals surface area contributed by atoms with Crippen molar-refractivity contribution in [3.8, 4) is 11.1 Å². The number of hydrogen-bond donors (Lipinski definition) is 3. The van der Waals surface area contributed by atoms with E-state index in [4.69, 9.17) is 17.4 Å². The molecular weight excluding hydrogens is 389 g/mol. The lowest BCUT2D eigenvalue weighted by Gasteiger charge is -2.26. The minimum atomic E-state index is -0.964. The van der Waals surface area contributed by atoms with Gasteiger partial charge in [0.15, 0.2) is 5.65 Å². The predicted octanol–water partition coefficient (Wildman–Crippen LogP) is 2.82. The second-order valence-corrected chi connectivity index (χ2v) is 7.11. The van der Waals surface area contributed by atoms with Crippen LogP contribution in [0.15, 0.2) is 41.3 Å². The summed E-state index contributed by atoms with van der Waals surface area (Å²) in [6.45, 7) is 5.17. The summed E-state index contributed by atoms with van der Waals surface area (Å²) >= 11 is 6.21. The van der Waals surface area contributed by atoms with Crippen molar-refractivity contribution in [2.24, 2.45) is 0 Å². The molecule has 0 unspecified atom stereocenters. The number of pyridine rings is 1. The summed E-state index contributed by atoms with van der Waals surface area (Å²) in [7, 11) is 0. The predicted molar refractivity (Wildman–Crippen MR) is 111 cm³/mol. The molecule has 0 radical (unpaired) electrons. The summed E-state index contributed by atoms with van der Waals surface area (Å²) in [5.41, 5.74) is -0.121. The van der Waals surface area contributed by atoms with Gasteiger partial charge in [0.05, 0.1) is 17.2 Å². The number of benzene rings is 1. The summed E-state index contributed by atoms with van der Waals surface area (Å²) in [6, 6.07) is 8.42. The molecule has 0 amide bonds. The molecule has 0 spiro atoms. The average molecular weight is 410 g/mol. The number of nitrogens with zero attached hydrogens (tertiary/aromatic N) is 3. The van der Waals surface area contributed by atoms with Gasteiger partial charge in [0.1, 0.15) is 0 Å². The maximum absolute atomic E-state index is 12.7. The smallest absolute Gasteiger partial charge is 0.278 e. The van der Waals surface area contributed by atoms with Gasteiger partial charge in [0, 0.05) is 22.2 Å². The van der Waals surface area contributed by atoms with E-state index in [2.05, 4.69) is 15.3 Å². The van der Waals surface area contributed by atoms with Crippen LogP contribution in [0.25, 0.3) is 22.2 Å². The fraction of sp³-hybridized carbons (Fsp3) is 0.278. The topological polar surface area (TPSA) is 106 Å². The molecule has 0 bridgehead atoms. The zero-order chi connectivity index (χ0) is 19.1. The lowest BCUT2D eigenvalue weighted by atomic mass is 10.0. The van der Waals surface area contributed by atoms with Crippen molar-refractivity contribution >= 4 is 41.0 Å². The van der Waals surface area contributed by atoms with Gasteiger partial charge in [-0.05, 0) is 32.9 Å². The van der Waals surface area contributed by atoms with Gasteiger partial charge >= 0.3 is 0 Å². The Labute approximate surface area is 167 Å². The van der Waals surface area contributed by atoms with E-state index in [1.54, 1.807) is 50.4 Å². The minimum absolute atomic E-state index is 0. The van der Waals surface area contributed by atoms with Gasteiger partial charge in [-0.25, -0.2) is 9.66 Å². The Balaban J connectivity index is 0.00000261. The number of nitrogen functional groups attached to an aromatic ring is 1. The SMILES string of the molecule is C[C@H](Nc1ncc2cc(-c3ccccc3Cl)c(=O)n(N)c2n1)C(C)(C)O.Cl. The highest BCUT2D eigenvalue weighted by Gasteiger charge is 2.23. The first-order valence-corrected chi connectivity index (χ1v) is 8.48. The monoisotopic (exact) mass is 409 g/mol. The molecule has 3 aromatic rings. The highest BCUT2D eigenvalue weighted by Crippen LogP contribution is 2.26. The van der Waals surface area contributed by atoms with Crippen LogP contribution in [0.5, 0.6) is 0 Å². The fourth-order valence-electron chi connectivity index (χ4n) is 2.43. The van der Waals surface area contributed by atoms with Crippen LogP contribution in [0.1, 0.15) is 20.8 Å². The van der Waals surface area contributed by atoms with Crippen LogP contribution in [0.2, 0.25) is 5.02 Å². The number of aliphatic hydroxyl groups is 1. The van der Waals surface area contributed by atoms with E-state index in [9.17, 15) is 9.90 Å². The van der Waals surface area contributed by atoms with Crippen molar-refractivity contribution in [2.75, 3.05) is 11.2 Å². The van der Waals surface area contributed by atoms with E-state index >= 15 is 0 Å². The van der Waals surface area contributed by atoms with Gasteiger partial charge in [-0.1, -0.05) is 29.8 Å². The van der Waals surface area contributed by atoms with Crippen LogP contribution in [-0.2, 0) is 0 Å². The molecule has 0 fully saturated rings. The molecule has 1 aromatic carbocycles. The highest BCUT2D eigenvalue weighted by atomic mass is 35.5. The average Bonchev–Trinajstić information content (AvgIpc) is 2.58. The highest BCUT2D eigenvalue weighted by molar-refractivity contribution is 6.33. The van der Waals surface area contributed by atoms with Crippen molar-refractivity contribution in [2.45, 2.75) is 32.4 Å². The summed E-state index contributed by atoms with van der Waals surface area (Å²) < 4.78 is 0.982. The molecule has 3 rings (SSSR count). The quantitative estimate of drug-likeness (QED) is 0.572. The van der Waals surface area contributed by atoms with Gasteiger partial charge in [-0.15, -0.1) is 12.4 Å². The van der Waals surface area contributed by atoms with Gasteiger partial charge in [0.25, 0.3) is 5.56 Å². The first-order valence-electron chi connectivity index (χ1n) is 8.10. The summed E-state index contributed by atoms with van der Waals surface area (Å²) in [5.74, 6) is 6.26. The first kappa shape index (κ1) is 21.0. The molecule has 0 aliphatic rings. The maximum atomic E-state index is 12.7. The van der Waals surface area contributed by atoms with E-state index in [1.807, 2.05) is 6.92 Å². The largest absolute Gasteiger partial charge is 0.388 e. The Morgan fingerprint density at radius 3 is 2.59 bits per heavy atom. The number of nitrogens with one attached hydrogen (secondary N) is 1. The zero-order valence-corrected chi connectivity index (χ0v) is 16.7. The summed E-state index contributed by atoms with van der Waals surface area (Å²) in [4.78, 5) is 21.3. The fourth-order valence-corrected chi connectivity index (χ4v) is 2.67. The van der Waals surface area contributed by atoms with E-state index < -0.39 is 11.2 Å². The molecular formula is C18H21Cl2N5O2. The zero-order valence-electron chi connectivity index (χ0n) is 15.1. The second kappa shape index (κ2) is 7.72. The second-order valence-electron chi connectivity index (χ2n) is 6.71. The molecule has 0 aliphatic carbocycles. The van der Waals surface area contributed by atoms with E-state index in [0.717, 1.165) is 4.68 Å². The summed E-state index contributed by atoms with van der Waals surface area (Å²) in [5, 5.41) is 14.1. The Bertz CT molecular complexity index is 1030. The first-order chi connectivity index (χ1) is 12.2. The van der Waals surface area contributed by atoms with Crippen LogP contribution < -0.4 is 16.7 Å². The van der Waals surface area contributed by atoms with Crippen molar-refractivity contribution in [1.82, 2.24) is 14.6 Å². The number of fused-ring (bicyclic) bond motifs is 1. The third kappa shape index (κ3) is 4.16. The standard InChI is InChI=1S/C18H20ClN5O2.ClH/c1-10(18(2,3)26)22-17-21-9-11-8-13(12-6-4-5-7-14(12)19)16(25)24(20)15(11)23-17;/h4-10,26H,20H2,1-3H3,(H,21,22,23);1H/t10-;/m0./s1. The molecule has 4 N–H and O–H groups in total. The number of nitrogens with two attached hydrogens (primary N) is 1. The molecule has 144 valence electrons. The molecule has 9 heteroatoms. The van der Waals surface area contributed by atoms with Crippen LogP contribution in [0.4, 0.5) is 5.95 Å². The van der Waals surface area contributed by atoms with E-state index in [0.29, 0.717) is 21.5 Å². The molecule has 2 aromatic heterocycles. The van der Waals surface area contributed by atoms with Crippen molar-refractivity contribution in [1.29, 1.82) is 0 Å². The van der Waals surface area contributed by atoms with E-state index in [1.165, 1.54) is 0 Å². The number of halogens is 2. The Hall–Kier alpha value is -2.35. The molecule has 0 saturated carbocycles. The number of rotatable bonds is 4. The van der Waals surface area contributed by atoms with Crippen LogP contribution >= 0.6 is 24.0 Å². The van der Waals surface area contributed by atoms with Gasteiger partial charge in [-0.3, -0.25) is 4.79 Å². The van der Waals surface area contributed by atoms with Crippen molar-refractivity contribution < 1.29 is 5.11 Å². The lowest BCUT2D eigenvalue weighted by Crippen LogP contribution is -2.40. The molecule has 0 saturated heterocycles. The summed E-state index contributed by atoms with van der Waals surface area (Å²) in [6.07, 6.45) is 1.57. The Kier molecular flexibility index (Phi) is 5.99. The molecule has 7 nitrogen and oxygen atoms in total. The van der Waals surface area contributed by atoms with Crippen LogP contribution in [-0.4, -0.2) is 31.4 Å². The lowest BCUT2D eigenvalue weighted by molar-refractivity contribution is 0.0646.